The van der Waals surface area contributed by atoms with Crippen molar-refractivity contribution in [3.05, 3.63) is 34.6 Å². The van der Waals surface area contributed by atoms with Crippen molar-refractivity contribution in [2.45, 2.75) is 18.9 Å². The van der Waals surface area contributed by atoms with Gasteiger partial charge >= 0.3 is 0 Å². The second kappa shape index (κ2) is 4.14. The van der Waals surface area contributed by atoms with Crippen molar-refractivity contribution in [1.29, 1.82) is 5.26 Å². The third-order valence-corrected chi connectivity index (χ3v) is 3.89. The number of rotatable bonds is 1. The molecule has 1 fully saturated rings. The minimum absolute atomic E-state index is 0.285. The monoisotopic (exact) mass is 245 g/mol. The molecule has 1 aromatic rings. The van der Waals surface area contributed by atoms with Gasteiger partial charge in [-0.1, -0.05) is 17.7 Å². The fraction of sp³-hybridized carbons (Fsp3) is 0.385. The van der Waals surface area contributed by atoms with E-state index in [4.69, 9.17) is 16.9 Å². The largest absolute Gasteiger partial charge is 0.313 e. The third-order valence-electron chi connectivity index (χ3n) is 3.59. The van der Waals surface area contributed by atoms with E-state index >= 15 is 0 Å². The van der Waals surface area contributed by atoms with Gasteiger partial charge in [0.2, 0.25) is 0 Å². The summed E-state index contributed by atoms with van der Waals surface area (Å²) in [7, 11) is 0. The molecule has 1 aromatic heterocycles. The standard InChI is InChI=1S/C13H12ClN3/c14-13-10(6-15)4-11(7-17-13)9-3-8-1-2-16-12(8)5-9/h3-4,7-8,12,16H,1-2,5H2/t8-,12+/m0/s1. The lowest BCUT2D eigenvalue weighted by Crippen LogP contribution is -2.22. The smallest absolute Gasteiger partial charge is 0.146 e. The van der Waals surface area contributed by atoms with Crippen LogP contribution < -0.4 is 5.32 Å². The highest BCUT2D eigenvalue weighted by atomic mass is 35.5. The van der Waals surface area contributed by atoms with Crippen LogP contribution in [0.5, 0.6) is 0 Å². The van der Waals surface area contributed by atoms with Gasteiger partial charge in [0.05, 0.1) is 5.56 Å². The molecule has 1 N–H and O–H groups in total. The molecule has 1 aliphatic carbocycles. The van der Waals surface area contributed by atoms with Crippen LogP contribution in [0.25, 0.3) is 5.57 Å². The zero-order chi connectivity index (χ0) is 11.8. The van der Waals surface area contributed by atoms with Crippen molar-refractivity contribution in [2.24, 2.45) is 5.92 Å². The van der Waals surface area contributed by atoms with E-state index in [9.17, 15) is 0 Å². The lowest BCUT2D eigenvalue weighted by atomic mass is 10.0. The van der Waals surface area contributed by atoms with Crippen LogP contribution in [0.15, 0.2) is 18.3 Å². The molecule has 2 atom stereocenters. The first-order chi connectivity index (χ1) is 8.28. The molecule has 0 spiro atoms. The minimum atomic E-state index is 0.285. The molecule has 86 valence electrons. The maximum absolute atomic E-state index is 8.94. The van der Waals surface area contributed by atoms with E-state index in [1.165, 1.54) is 12.0 Å². The molecular weight excluding hydrogens is 234 g/mol. The molecule has 2 heterocycles. The Morgan fingerprint density at radius 3 is 3.18 bits per heavy atom. The number of aromatic nitrogens is 1. The zero-order valence-electron chi connectivity index (χ0n) is 9.28. The molecule has 17 heavy (non-hydrogen) atoms. The summed E-state index contributed by atoms with van der Waals surface area (Å²) >= 11 is 5.83. The molecule has 0 bridgehead atoms. The van der Waals surface area contributed by atoms with Gasteiger partial charge in [0.25, 0.3) is 0 Å². The quantitative estimate of drug-likeness (QED) is 0.773. The summed E-state index contributed by atoms with van der Waals surface area (Å²) in [5.41, 5.74) is 2.77. The Morgan fingerprint density at radius 1 is 1.53 bits per heavy atom. The Hall–Kier alpha value is -1.37. The van der Waals surface area contributed by atoms with Crippen LogP contribution in [0.1, 0.15) is 24.0 Å². The fourth-order valence-electron chi connectivity index (χ4n) is 2.69. The lowest BCUT2D eigenvalue weighted by molar-refractivity contribution is 0.563. The summed E-state index contributed by atoms with van der Waals surface area (Å²) in [5.74, 6) is 0.645. The number of fused-ring (bicyclic) bond motifs is 1. The van der Waals surface area contributed by atoms with Crippen LogP contribution in [0, 0.1) is 17.2 Å². The van der Waals surface area contributed by atoms with E-state index in [1.807, 2.05) is 6.07 Å². The fourth-order valence-corrected chi connectivity index (χ4v) is 2.84. The Morgan fingerprint density at radius 2 is 2.41 bits per heavy atom. The van der Waals surface area contributed by atoms with Gasteiger partial charge in [-0.15, -0.1) is 0 Å². The first kappa shape index (κ1) is 10.8. The van der Waals surface area contributed by atoms with Gasteiger partial charge in [-0.3, -0.25) is 0 Å². The van der Waals surface area contributed by atoms with Crippen molar-refractivity contribution in [1.82, 2.24) is 10.3 Å². The van der Waals surface area contributed by atoms with Crippen LogP contribution in [0.3, 0.4) is 0 Å². The predicted molar refractivity (Wildman–Crippen MR) is 66.5 cm³/mol. The molecular formula is C13H12ClN3. The van der Waals surface area contributed by atoms with E-state index in [-0.39, 0.29) is 5.15 Å². The summed E-state index contributed by atoms with van der Waals surface area (Å²) < 4.78 is 0. The second-order valence-electron chi connectivity index (χ2n) is 4.58. The van der Waals surface area contributed by atoms with Gasteiger partial charge in [-0.05, 0) is 42.5 Å². The highest BCUT2D eigenvalue weighted by Crippen LogP contribution is 2.36. The van der Waals surface area contributed by atoms with E-state index in [2.05, 4.69) is 22.4 Å². The van der Waals surface area contributed by atoms with Crippen LogP contribution in [-0.4, -0.2) is 17.6 Å². The summed E-state index contributed by atoms with van der Waals surface area (Å²) in [5, 5.41) is 12.7. The SMILES string of the molecule is N#Cc1cc(C2=C[C@@H]3CCN[C@@H]3C2)cnc1Cl. The molecule has 1 saturated heterocycles. The van der Waals surface area contributed by atoms with Crippen LogP contribution in [-0.2, 0) is 0 Å². The molecule has 1 aliphatic heterocycles. The maximum Gasteiger partial charge on any atom is 0.146 e. The van der Waals surface area contributed by atoms with Crippen molar-refractivity contribution in [2.75, 3.05) is 6.54 Å². The van der Waals surface area contributed by atoms with Gasteiger partial charge in [0.1, 0.15) is 11.2 Å². The number of nitrogens with one attached hydrogen (secondary N) is 1. The first-order valence-corrected chi connectivity index (χ1v) is 6.16. The predicted octanol–water partition coefficient (Wildman–Crippen LogP) is 2.37. The summed E-state index contributed by atoms with van der Waals surface area (Å²) in [6.45, 7) is 1.11. The van der Waals surface area contributed by atoms with Crippen LogP contribution in [0.4, 0.5) is 0 Å². The Bertz CT molecular complexity index is 530. The van der Waals surface area contributed by atoms with Crippen molar-refractivity contribution >= 4 is 17.2 Å². The topological polar surface area (TPSA) is 48.7 Å². The van der Waals surface area contributed by atoms with Crippen molar-refractivity contribution in [3.8, 4) is 6.07 Å². The third kappa shape index (κ3) is 1.84. The highest BCUT2D eigenvalue weighted by Gasteiger charge is 2.31. The molecule has 4 heteroatoms. The lowest BCUT2D eigenvalue weighted by Gasteiger charge is -2.08. The summed E-state index contributed by atoms with van der Waals surface area (Å²) in [6, 6.07) is 4.48. The van der Waals surface area contributed by atoms with Crippen LogP contribution in [0.2, 0.25) is 5.15 Å². The van der Waals surface area contributed by atoms with E-state index in [0.29, 0.717) is 17.5 Å². The van der Waals surface area contributed by atoms with Gasteiger partial charge in [0, 0.05) is 12.2 Å². The molecule has 0 amide bonds. The number of halogens is 1. The highest BCUT2D eigenvalue weighted by molar-refractivity contribution is 6.30. The van der Waals surface area contributed by atoms with Crippen molar-refractivity contribution in [3.63, 3.8) is 0 Å². The van der Waals surface area contributed by atoms with Gasteiger partial charge < -0.3 is 5.32 Å². The number of nitrogens with zero attached hydrogens (tertiary/aromatic N) is 2. The molecule has 2 aliphatic rings. The zero-order valence-corrected chi connectivity index (χ0v) is 10.0. The Kier molecular flexibility index (Phi) is 2.62. The maximum atomic E-state index is 8.94. The van der Waals surface area contributed by atoms with E-state index in [1.54, 1.807) is 6.20 Å². The first-order valence-electron chi connectivity index (χ1n) is 5.78. The van der Waals surface area contributed by atoms with Gasteiger partial charge in [-0.25, -0.2) is 4.98 Å². The van der Waals surface area contributed by atoms with Gasteiger partial charge in [0.15, 0.2) is 0 Å². The van der Waals surface area contributed by atoms with Crippen molar-refractivity contribution < 1.29 is 0 Å². The summed E-state index contributed by atoms with van der Waals surface area (Å²) in [4.78, 5) is 4.07. The Balaban J connectivity index is 1.93. The average molecular weight is 246 g/mol. The molecule has 0 unspecified atom stereocenters. The Labute approximate surface area is 105 Å². The number of hydrogen-bond donors (Lipinski definition) is 1. The molecule has 3 rings (SSSR count). The molecule has 0 radical (unpaired) electrons. The minimum Gasteiger partial charge on any atom is -0.313 e. The van der Waals surface area contributed by atoms with E-state index in [0.717, 1.165) is 18.5 Å². The van der Waals surface area contributed by atoms with Gasteiger partial charge in [-0.2, -0.15) is 5.26 Å². The van der Waals surface area contributed by atoms with E-state index < -0.39 is 0 Å². The number of hydrogen-bond acceptors (Lipinski definition) is 3. The number of nitriles is 1. The molecule has 0 saturated carbocycles. The molecule has 3 nitrogen and oxygen atoms in total. The van der Waals surface area contributed by atoms with Crippen LogP contribution >= 0.6 is 11.6 Å². The normalized spacial score (nSPS) is 26.5. The number of pyridine rings is 1. The second-order valence-corrected chi connectivity index (χ2v) is 4.94. The average Bonchev–Trinajstić information content (AvgIpc) is 2.90. The molecule has 0 aromatic carbocycles. The summed E-state index contributed by atoms with van der Waals surface area (Å²) in [6.07, 6.45) is 6.31.